The number of rotatable bonds is 5. The van der Waals surface area contributed by atoms with E-state index in [1.807, 2.05) is 11.8 Å². The van der Waals surface area contributed by atoms with Crippen LogP contribution in [0.25, 0.3) is 0 Å². The van der Waals surface area contributed by atoms with Gasteiger partial charge in [-0.15, -0.1) is 0 Å². The molecule has 0 atom stereocenters. The number of aryl methyl sites for hydroxylation is 2. The molecule has 154 valence electrons. The minimum atomic E-state index is -1.26. The van der Waals surface area contributed by atoms with E-state index in [0.717, 1.165) is 26.2 Å². The van der Waals surface area contributed by atoms with E-state index in [-0.39, 0.29) is 0 Å². The van der Waals surface area contributed by atoms with E-state index in [9.17, 15) is 9.59 Å². The summed E-state index contributed by atoms with van der Waals surface area (Å²) < 4.78 is 0. The summed E-state index contributed by atoms with van der Waals surface area (Å²) in [7, 11) is 0. The molecular formula is C22H26N2O4S. The number of nitrogens with zero attached hydrogens (tertiary/aromatic N) is 1. The molecule has 2 aromatic rings. The van der Waals surface area contributed by atoms with E-state index in [0.29, 0.717) is 12.2 Å². The quantitative estimate of drug-likeness (QED) is 0.644. The maximum Gasteiger partial charge on any atom is 0.328 e. The van der Waals surface area contributed by atoms with Crippen LogP contribution in [-0.4, -0.2) is 48.3 Å². The summed E-state index contributed by atoms with van der Waals surface area (Å²) in [6.07, 6.45) is 1.12. The molecule has 1 fully saturated rings. The molecule has 0 radical (unpaired) electrons. The van der Waals surface area contributed by atoms with Gasteiger partial charge < -0.3 is 20.4 Å². The van der Waals surface area contributed by atoms with Crippen LogP contribution in [0, 0.1) is 13.8 Å². The van der Waals surface area contributed by atoms with Crippen LogP contribution in [0.15, 0.2) is 64.4 Å². The molecule has 0 spiro atoms. The molecule has 0 bridgehead atoms. The number of piperazine rings is 1. The molecule has 0 aromatic heterocycles. The van der Waals surface area contributed by atoms with Crippen LogP contribution in [0.2, 0.25) is 0 Å². The van der Waals surface area contributed by atoms with Gasteiger partial charge in [-0.05, 0) is 37.6 Å². The fourth-order valence-corrected chi connectivity index (χ4v) is 3.93. The SMILES string of the molecule is Cc1ccc(Sc2ccccc2N2CCNCC2)c(C)c1.O=C(O)C=CC(=O)O. The Labute approximate surface area is 175 Å². The topological polar surface area (TPSA) is 89.9 Å². The Kier molecular flexibility index (Phi) is 8.76. The predicted molar refractivity (Wildman–Crippen MR) is 116 cm³/mol. The summed E-state index contributed by atoms with van der Waals surface area (Å²) in [5.41, 5.74) is 4.05. The molecule has 1 aliphatic heterocycles. The third-order valence-electron chi connectivity index (χ3n) is 4.24. The second-order valence-corrected chi connectivity index (χ2v) is 7.67. The van der Waals surface area contributed by atoms with E-state index in [2.05, 4.69) is 66.5 Å². The standard InChI is InChI=1S/C18H22N2S.C4H4O4/c1-14-7-8-17(15(2)13-14)21-18-6-4-3-5-16(18)20-11-9-19-10-12-20;5-3(6)1-2-4(7)8/h3-8,13,19H,9-12H2,1-2H3;1-2H,(H,5,6)(H,7,8). The lowest BCUT2D eigenvalue weighted by Gasteiger charge is -2.31. The number of hydrogen-bond donors (Lipinski definition) is 3. The van der Waals surface area contributed by atoms with Crippen LogP contribution in [0.4, 0.5) is 5.69 Å². The first kappa shape index (κ1) is 22.5. The van der Waals surface area contributed by atoms with E-state index in [1.54, 1.807) is 0 Å². The van der Waals surface area contributed by atoms with Crippen molar-refractivity contribution < 1.29 is 19.8 Å². The predicted octanol–water partition coefficient (Wildman–Crippen LogP) is 3.58. The van der Waals surface area contributed by atoms with Crippen molar-refractivity contribution in [1.29, 1.82) is 0 Å². The summed E-state index contributed by atoms with van der Waals surface area (Å²) in [5, 5.41) is 19.0. The minimum Gasteiger partial charge on any atom is -0.478 e. The van der Waals surface area contributed by atoms with Crippen molar-refractivity contribution >= 4 is 29.4 Å². The van der Waals surface area contributed by atoms with Crippen LogP contribution >= 0.6 is 11.8 Å². The highest BCUT2D eigenvalue weighted by Gasteiger charge is 2.14. The van der Waals surface area contributed by atoms with Crippen molar-refractivity contribution in [3.63, 3.8) is 0 Å². The van der Waals surface area contributed by atoms with Crippen molar-refractivity contribution in [3.05, 3.63) is 65.7 Å². The van der Waals surface area contributed by atoms with Gasteiger partial charge in [0.2, 0.25) is 0 Å². The van der Waals surface area contributed by atoms with E-state index >= 15 is 0 Å². The minimum absolute atomic E-state index is 0.558. The molecule has 6 nitrogen and oxygen atoms in total. The number of nitrogens with one attached hydrogen (secondary N) is 1. The third kappa shape index (κ3) is 7.63. The van der Waals surface area contributed by atoms with Crippen LogP contribution in [0.3, 0.4) is 0 Å². The van der Waals surface area contributed by atoms with Gasteiger partial charge in [0, 0.05) is 48.1 Å². The molecule has 0 unspecified atom stereocenters. The molecule has 3 N–H and O–H groups in total. The zero-order valence-corrected chi connectivity index (χ0v) is 17.4. The smallest absolute Gasteiger partial charge is 0.328 e. The number of carboxylic acids is 2. The lowest BCUT2D eigenvalue weighted by molar-refractivity contribution is -0.134. The largest absolute Gasteiger partial charge is 0.478 e. The van der Waals surface area contributed by atoms with Crippen LogP contribution in [-0.2, 0) is 9.59 Å². The maximum atomic E-state index is 9.55. The van der Waals surface area contributed by atoms with Crippen molar-refractivity contribution in [2.75, 3.05) is 31.1 Å². The summed E-state index contributed by atoms with van der Waals surface area (Å²) >= 11 is 1.88. The third-order valence-corrected chi connectivity index (χ3v) is 5.48. The number of carboxylic acid groups (broad SMARTS) is 2. The highest BCUT2D eigenvalue weighted by atomic mass is 32.2. The first-order chi connectivity index (χ1) is 13.9. The number of anilines is 1. The number of carbonyl (C=O) groups is 2. The Bertz CT molecular complexity index is 861. The van der Waals surface area contributed by atoms with Gasteiger partial charge in [0.15, 0.2) is 0 Å². The van der Waals surface area contributed by atoms with Crippen LogP contribution in [0.1, 0.15) is 11.1 Å². The lowest BCUT2D eigenvalue weighted by atomic mass is 10.2. The molecule has 1 aliphatic rings. The molecule has 1 saturated heterocycles. The molecule has 0 saturated carbocycles. The van der Waals surface area contributed by atoms with Gasteiger partial charge in [-0.1, -0.05) is 41.6 Å². The van der Waals surface area contributed by atoms with Gasteiger partial charge >= 0.3 is 11.9 Å². The Morgan fingerprint density at radius 2 is 1.59 bits per heavy atom. The monoisotopic (exact) mass is 414 g/mol. The highest BCUT2D eigenvalue weighted by molar-refractivity contribution is 7.99. The fraction of sp³-hybridized carbons (Fsp3) is 0.273. The van der Waals surface area contributed by atoms with Crippen molar-refractivity contribution in [1.82, 2.24) is 5.32 Å². The lowest BCUT2D eigenvalue weighted by Crippen LogP contribution is -2.43. The normalized spacial score (nSPS) is 13.7. The molecular weight excluding hydrogens is 388 g/mol. The van der Waals surface area contributed by atoms with Crippen LogP contribution < -0.4 is 10.2 Å². The van der Waals surface area contributed by atoms with E-state index in [4.69, 9.17) is 10.2 Å². The Morgan fingerprint density at radius 1 is 0.966 bits per heavy atom. The van der Waals surface area contributed by atoms with Gasteiger partial charge in [-0.25, -0.2) is 9.59 Å². The number of aliphatic carboxylic acids is 2. The highest BCUT2D eigenvalue weighted by Crippen LogP contribution is 2.37. The summed E-state index contributed by atoms with van der Waals surface area (Å²) in [4.78, 5) is 24.3. The fourth-order valence-electron chi connectivity index (χ4n) is 2.89. The van der Waals surface area contributed by atoms with E-state index in [1.165, 1.54) is 26.6 Å². The molecule has 3 rings (SSSR count). The zero-order valence-electron chi connectivity index (χ0n) is 16.6. The van der Waals surface area contributed by atoms with Crippen molar-refractivity contribution in [2.45, 2.75) is 23.6 Å². The average Bonchev–Trinajstić information content (AvgIpc) is 2.70. The number of hydrogen-bond acceptors (Lipinski definition) is 5. The molecule has 29 heavy (non-hydrogen) atoms. The number of benzene rings is 2. The van der Waals surface area contributed by atoms with Gasteiger partial charge in [-0.2, -0.15) is 0 Å². The van der Waals surface area contributed by atoms with E-state index < -0.39 is 11.9 Å². The number of para-hydroxylation sites is 1. The van der Waals surface area contributed by atoms with Gasteiger partial charge in [0.05, 0.1) is 5.69 Å². The molecule has 7 heteroatoms. The van der Waals surface area contributed by atoms with Gasteiger partial charge in [0.1, 0.15) is 0 Å². The van der Waals surface area contributed by atoms with Gasteiger partial charge in [-0.3, -0.25) is 0 Å². The summed E-state index contributed by atoms with van der Waals surface area (Å²) in [6.45, 7) is 8.67. The molecule has 0 amide bonds. The first-order valence-electron chi connectivity index (χ1n) is 9.30. The summed E-state index contributed by atoms with van der Waals surface area (Å²) in [5.74, 6) is -2.51. The molecule has 1 heterocycles. The van der Waals surface area contributed by atoms with Crippen molar-refractivity contribution in [3.8, 4) is 0 Å². The average molecular weight is 415 g/mol. The Morgan fingerprint density at radius 3 is 2.17 bits per heavy atom. The second kappa shape index (κ2) is 11.3. The summed E-state index contributed by atoms with van der Waals surface area (Å²) in [6, 6.07) is 15.5. The Hall–Kier alpha value is -2.77. The second-order valence-electron chi connectivity index (χ2n) is 6.59. The molecule has 2 aromatic carbocycles. The Balaban J connectivity index is 0.000000321. The van der Waals surface area contributed by atoms with Gasteiger partial charge in [0.25, 0.3) is 0 Å². The molecule has 0 aliphatic carbocycles. The zero-order chi connectivity index (χ0) is 21.2. The van der Waals surface area contributed by atoms with Crippen molar-refractivity contribution in [2.24, 2.45) is 0 Å². The first-order valence-corrected chi connectivity index (χ1v) is 10.1. The maximum absolute atomic E-state index is 9.55. The van der Waals surface area contributed by atoms with Crippen LogP contribution in [0.5, 0.6) is 0 Å².